The van der Waals surface area contributed by atoms with Gasteiger partial charge in [0.2, 0.25) is 5.91 Å². The Labute approximate surface area is 93.2 Å². The van der Waals surface area contributed by atoms with Gasteiger partial charge in [-0.25, -0.2) is 0 Å². The van der Waals surface area contributed by atoms with Gasteiger partial charge in [-0.2, -0.15) is 0 Å². The number of amides is 1. The lowest BCUT2D eigenvalue weighted by molar-refractivity contribution is -0.122. The smallest absolute Gasteiger partial charge is 0.221 e. The van der Waals surface area contributed by atoms with Gasteiger partial charge >= 0.3 is 0 Å². The fraction of sp³-hybridized carbons (Fsp3) is 0.667. The Bertz CT molecular complexity index is 223. The van der Waals surface area contributed by atoms with E-state index in [4.69, 9.17) is 5.73 Å². The number of hydrogen-bond donors (Lipinski definition) is 2. The van der Waals surface area contributed by atoms with Crippen molar-refractivity contribution in [2.75, 3.05) is 12.3 Å². The second-order valence-electron chi connectivity index (χ2n) is 2.97. The van der Waals surface area contributed by atoms with Crippen molar-refractivity contribution in [3.8, 4) is 0 Å². The van der Waals surface area contributed by atoms with Crippen molar-refractivity contribution in [3.63, 3.8) is 0 Å². The van der Waals surface area contributed by atoms with Gasteiger partial charge in [0.1, 0.15) is 12.6 Å². The first kappa shape index (κ1) is 14.1. The van der Waals surface area contributed by atoms with Crippen LogP contribution >= 0.6 is 11.8 Å². The Kier molecular flexibility index (Phi) is 7.94. The van der Waals surface area contributed by atoms with Crippen LogP contribution in [0.25, 0.3) is 0 Å². The van der Waals surface area contributed by atoms with Gasteiger partial charge in [-0.3, -0.25) is 4.79 Å². The molecule has 0 heterocycles. The third-order valence-corrected chi connectivity index (χ3v) is 2.87. The summed E-state index contributed by atoms with van der Waals surface area (Å²) in [4.78, 5) is 32.0. The molecule has 0 aromatic carbocycles. The van der Waals surface area contributed by atoms with E-state index in [1.165, 1.54) is 11.8 Å². The third kappa shape index (κ3) is 7.10. The quantitative estimate of drug-likeness (QED) is 0.542. The van der Waals surface area contributed by atoms with Crippen molar-refractivity contribution >= 4 is 30.2 Å². The van der Waals surface area contributed by atoms with Crippen LogP contribution in [0, 0.1) is 0 Å². The van der Waals surface area contributed by atoms with E-state index < -0.39 is 11.3 Å². The van der Waals surface area contributed by atoms with Crippen LogP contribution in [0.15, 0.2) is 0 Å². The van der Waals surface area contributed by atoms with Crippen molar-refractivity contribution in [2.45, 2.75) is 24.6 Å². The predicted molar refractivity (Wildman–Crippen MR) is 59.7 cm³/mol. The molecular weight excluding hydrogens is 216 g/mol. The predicted octanol–water partition coefficient (Wildman–Crippen LogP) is -0.660. The van der Waals surface area contributed by atoms with E-state index >= 15 is 0 Å². The number of hydrogen-bond acceptors (Lipinski definition) is 5. The summed E-state index contributed by atoms with van der Waals surface area (Å²) in [6.07, 6.45) is 1.46. The first-order valence-corrected chi connectivity index (χ1v) is 5.73. The second-order valence-corrected chi connectivity index (χ2v) is 4.24. The lowest BCUT2D eigenvalue weighted by atomic mass is 10.3. The van der Waals surface area contributed by atoms with E-state index in [0.717, 1.165) is 0 Å². The second kappa shape index (κ2) is 8.43. The lowest BCUT2D eigenvalue weighted by Crippen LogP contribution is -2.29. The number of aldehydes is 2. The molecular formula is C9H16N2O3S. The highest BCUT2D eigenvalue weighted by molar-refractivity contribution is 8.00. The maximum atomic E-state index is 11.1. The van der Waals surface area contributed by atoms with E-state index in [9.17, 15) is 14.4 Å². The molecule has 0 aromatic heterocycles. The number of carbonyl (C=O) groups excluding carboxylic acids is 3. The molecule has 0 radical (unpaired) electrons. The first-order chi connectivity index (χ1) is 7.13. The van der Waals surface area contributed by atoms with Crippen molar-refractivity contribution < 1.29 is 14.4 Å². The number of carbonyl (C=O) groups is 3. The summed E-state index contributed by atoms with van der Waals surface area (Å²) in [5.74, 6) is 0.188. The molecule has 5 nitrogen and oxygen atoms in total. The molecule has 0 bridgehead atoms. The summed E-state index contributed by atoms with van der Waals surface area (Å²) in [5.41, 5.74) is 5.36. The highest BCUT2D eigenvalue weighted by Crippen LogP contribution is 2.12. The van der Waals surface area contributed by atoms with E-state index in [1.807, 2.05) is 6.92 Å². The van der Waals surface area contributed by atoms with Crippen LogP contribution in [0.4, 0.5) is 0 Å². The van der Waals surface area contributed by atoms with E-state index in [1.54, 1.807) is 0 Å². The molecule has 2 atom stereocenters. The van der Waals surface area contributed by atoms with E-state index in [2.05, 4.69) is 5.32 Å². The van der Waals surface area contributed by atoms with Gasteiger partial charge in [-0.05, 0) is 6.92 Å². The van der Waals surface area contributed by atoms with E-state index in [0.29, 0.717) is 24.9 Å². The zero-order valence-corrected chi connectivity index (χ0v) is 9.46. The molecule has 6 heteroatoms. The van der Waals surface area contributed by atoms with Crippen molar-refractivity contribution in [1.29, 1.82) is 0 Å². The van der Waals surface area contributed by atoms with Crippen LogP contribution in [0.3, 0.4) is 0 Å². The minimum atomic E-state index is -0.577. The van der Waals surface area contributed by atoms with Crippen LogP contribution in [-0.2, 0) is 14.4 Å². The molecule has 0 aliphatic carbocycles. The van der Waals surface area contributed by atoms with E-state index in [-0.39, 0.29) is 12.3 Å². The summed E-state index contributed by atoms with van der Waals surface area (Å²) in [5, 5.41) is 2.17. The summed E-state index contributed by atoms with van der Waals surface area (Å²) in [7, 11) is 0. The Balaban J connectivity index is 3.87. The standard InChI is InChI=1S/C9H16N2O3S/c1-2-11-9(14)3-8(5-13)15-6-7(10)4-12/h4-5,7-8H,2-3,6,10H2,1H3,(H,11,14). The lowest BCUT2D eigenvalue weighted by Gasteiger charge is -2.10. The molecule has 0 fully saturated rings. The van der Waals surface area contributed by atoms with Crippen LogP contribution in [0.2, 0.25) is 0 Å². The third-order valence-electron chi connectivity index (χ3n) is 1.59. The van der Waals surface area contributed by atoms with Gasteiger partial charge in [0, 0.05) is 18.7 Å². The molecule has 0 aliphatic rings. The topological polar surface area (TPSA) is 89.3 Å². The Hall–Kier alpha value is -0.880. The average molecular weight is 232 g/mol. The highest BCUT2D eigenvalue weighted by Gasteiger charge is 2.14. The minimum absolute atomic E-state index is 0.133. The van der Waals surface area contributed by atoms with Gasteiger partial charge in [0.25, 0.3) is 0 Å². The molecule has 0 saturated carbocycles. The van der Waals surface area contributed by atoms with Crippen molar-refractivity contribution in [1.82, 2.24) is 5.32 Å². The molecule has 2 unspecified atom stereocenters. The average Bonchev–Trinajstić information content (AvgIpc) is 2.23. The van der Waals surface area contributed by atoms with Gasteiger partial charge in [-0.15, -0.1) is 11.8 Å². The Morgan fingerprint density at radius 2 is 2.13 bits per heavy atom. The molecule has 0 rings (SSSR count). The maximum absolute atomic E-state index is 11.1. The zero-order valence-electron chi connectivity index (χ0n) is 8.64. The Morgan fingerprint density at radius 3 is 2.60 bits per heavy atom. The Morgan fingerprint density at radius 1 is 1.47 bits per heavy atom. The SMILES string of the molecule is CCNC(=O)CC(C=O)SCC(N)C=O. The van der Waals surface area contributed by atoms with Gasteiger partial charge in [0.05, 0.1) is 11.3 Å². The van der Waals surface area contributed by atoms with Crippen molar-refractivity contribution in [3.05, 3.63) is 0 Å². The molecule has 0 aliphatic heterocycles. The number of rotatable bonds is 8. The molecule has 15 heavy (non-hydrogen) atoms. The zero-order chi connectivity index (χ0) is 11.7. The fourth-order valence-corrected chi connectivity index (χ4v) is 1.77. The number of thioether (sulfide) groups is 1. The fourth-order valence-electron chi connectivity index (χ4n) is 0.872. The molecule has 3 N–H and O–H groups in total. The molecule has 0 aromatic rings. The van der Waals surface area contributed by atoms with Crippen LogP contribution < -0.4 is 11.1 Å². The molecule has 86 valence electrons. The molecule has 1 amide bonds. The molecule has 0 spiro atoms. The van der Waals surface area contributed by atoms with Crippen LogP contribution in [0.1, 0.15) is 13.3 Å². The van der Waals surface area contributed by atoms with Crippen LogP contribution in [-0.4, -0.2) is 42.1 Å². The monoisotopic (exact) mass is 232 g/mol. The first-order valence-electron chi connectivity index (χ1n) is 4.68. The summed E-state index contributed by atoms with van der Waals surface area (Å²) in [6.45, 7) is 2.35. The summed E-state index contributed by atoms with van der Waals surface area (Å²) >= 11 is 1.22. The van der Waals surface area contributed by atoms with Gasteiger partial charge < -0.3 is 20.6 Å². The largest absolute Gasteiger partial charge is 0.356 e. The highest BCUT2D eigenvalue weighted by atomic mass is 32.2. The van der Waals surface area contributed by atoms with Gasteiger partial charge in [-0.1, -0.05) is 0 Å². The van der Waals surface area contributed by atoms with Crippen molar-refractivity contribution in [2.24, 2.45) is 5.73 Å². The normalized spacial score (nSPS) is 14.0. The van der Waals surface area contributed by atoms with Crippen LogP contribution in [0.5, 0.6) is 0 Å². The number of nitrogens with two attached hydrogens (primary N) is 1. The maximum Gasteiger partial charge on any atom is 0.221 e. The molecule has 0 saturated heterocycles. The minimum Gasteiger partial charge on any atom is -0.356 e. The summed E-state index contributed by atoms with van der Waals surface area (Å²) < 4.78 is 0. The summed E-state index contributed by atoms with van der Waals surface area (Å²) in [6, 6.07) is -0.577. The number of nitrogens with one attached hydrogen (secondary N) is 1. The van der Waals surface area contributed by atoms with Gasteiger partial charge in [0.15, 0.2) is 0 Å².